The summed E-state index contributed by atoms with van der Waals surface area (Å²) in [6, 6.07) is 10.6. The lowest BCUT2D eigenvalue weighted by Gasteiger charge is -2.19. The second kappa shape index (κ2) is 6.87. The molecule has 2 N–H and O–H groups in total. The van der Waals surface area contributed by atoms with Crippen molar-refractivity contribution in [3.63, 3.8) is 0 Å². The number of aliphatic hydroxyl groups excluding tert-OH is 1. The smallest absolute Gasteiger partial charge is 0.251 e. The molecule has 0 saturated carbocycles. The Kier molecular flexibility index (Phi) is 4.53. The zero-order valence-electron chi connectivity index (χ0n) is 15.1. The van der Waals surface area contributed by atoms with Gasteiger partial charge in [-0.15, -0.1) is 0 Å². The maximum Gasteiger partial charge on any atom is 0.251 e. The number of ether oxygens (including phenoxy) is 1. The zero-order valence-corrected chi connectivity index (χ0v) is 15.8. The van der Waals surface area contributed by atoms with Gasteiger partial charge in [-0.25, -0.2) is 0 Å². The largest absolute Gasteiger partial charge is 0.472 e. The summed E-state index contributed by atoms with van der Waals surface area (Å²) >= 11 is 6.07. The molecule has 4 rings (SSSR count). The van der Waals surface area contributed by atoms with Crippen molar-refractivity contribution in [3.8, 4) is 11.6 Å². The maximum absolute atomic E-state index is 12.5. The minimum atomic E-state index is -0.289. The highest BCUT2D eigenvalue weighted by atomic mass is 35.5. The third kappa shape index (κ3) is 3.15. The molecule has 0 saturated heterocycles. The lowest BCUT2D eigenvalue weighted by atomic mass is 10.0. The number of amides is 1. The third-order valence-corrected chi connectivity index (χ3v) is 5.08. The van der Waals surface area contributed by atoms with Crippen molar-refractivity contribution in [3.05, 3.63) is 52.5 Å². The number of aliphatic hydroxyl groups is 1. The Morgan fingerprint density at radius 3 is 2.89 bits per heavy atom. The number of benzene rings is 2. The van der Waals surface area contributed by atoms with Gasteiger partial charge >= 0.3 is 0 Å². The molecular weight excluding hydrogens is 366 g/mol. The van der Waals surface area contributed by atoms with Crippen LogP contribution in [0, 0.1) is 5.92 Å². The van der Waals surface area contributed by atoms with Gasteiger partial charge in [-0.2, -0.15) is 9.78 Å². The quantitative estimate of drug-likeness (QED) is 0.722. The summed E-state index contributed by atoms with van der Waals surface area (Å²) < 4.78 is 7.62. The Labute approximate surface area is 161 Å². The maximum atomic E-state index is 12.5. The first-order valence-electron chi connectivity index (χ1n) is 8.84. The molecule has 1 aliphatic rings. The first kappa shape index (κ1) is 17.8. The average Bonchev–Trinajstić information content (AvgIpc) is 3.03. The number of nitrogens with one attached hydrogen (secondary N) is 1. The van der Waals surface area contributed by atoms with Gasteiger partial charge in [0, 0.05) is 16.1 Å². The molecule has 0 aliphatic carbocycles. The molecule has 1 atom stereocenters. The van der Waals surface area contributed by atoms with Crippen molar-refractivity contribution in [1.82, 2.24) is 15.1 Å². The molecule has 0 bridgehead atoms. The van der Waals surface area contributed by atoms with Gasteiger partial charge in [0.2, 0.25) is 5.88 Å². The van der Waals surface area contributed by atoms with Crippen molar-refractivity contribution in [2.75, 3.05) is 6.61 Å². The summed E-state index contributed by atoms with van der Waals surface area (Å²) in [4.78, 5) is 12.5. The van der Waals surface area contributed by atoms with E-state index in [9.17, 15) is 9.90 Å². The number of rotatable bonds is 4. The van der Waals surface area contributed by atoms with Gasteiger partial charge in [-0.3, -0.25) is 4.79 Å². The first-order chi connectivity index (χ1) is 13.0. The fourth-order valence-electron chi connectivity index (χ4n) is 3.20. The molecule has 0 unspecified atom stereocenters. The molecule has 2 heterocycles. The van der Waals surface area contributed by atoms with E-state index >= 15 is 0 Å². The van der Waals surface area contributed by atoms with Crippen molar-refractivity contribution in [1.29, 1.82) is 0 Å². The lowest BCUT2D eigenvalue weighted by molar-refractivity contribution is 0.0897. The molecule has 140 valence electrons. The van der Waals surface area contributed by atoms with Crippen LogP contribution in [0.15, 0.2) is 36.4 Å². The predicted molar refractivity (Wildman–Crippen MR) is 104 cm³/mol. The standard InChI is InChI=1S/C20H20ClN3O3/c1-11(2)17(9-25)22-19(26)12-3-5-15-16(8-12)23-24-18-6-4-14(21)7-13(18)10-27-20(15)24/h3-8,11,17,25H,9-10H2,1-2H3,(H,22,26)/t17-/m1/s1. The zero-order chi connectivity index (χ0) is 19.1. The normalized spacial score (nSPS) is 13.8. The molecule has 6 nitrogen and oxygen atoms in total. The summed E-state index contributed by atoms with van der Waals surface area (Å²) in [5.41, 5.74) is 3.05. The van der Waals surface area contributed by atoms with E-state index in [-0.39, 0.29) is 24.5 Å². The van der Waals surface area contributed by atoms with E-state index in [4.69, 9.17) is 16.3 Å². The molecule has 2 aromatic carbocycles. The molecule has 0 radical (unpaired) electrons. The molecule has 1 amide bonds. The molecule has 3 aromatic rings. The highest BCUT2D eigenvalue weighted by molar-refractivity contribution is 6.30. The van der Waals surface area contributed by atoms with Crippen LogP contribution in [0.5, 0.6) is 5.88 Å². The number of aromatic nitrogens is 2. The SMILES string of the molecule is CC(C)[C@@H](CO)NC(=O)c1ccc2c3n(nc2c1)-c1ccc(Cl)cc1CO3. The fourth-order valence-corrected chi connectivity index (χ4v) is 3.40. The predicted octanol–water partition coefficient (Wildman–Crippen LogP) is 3.32. The van der Waals surface area contributed by atoms with Crippen LogP contribution in [0.4, 0.5) is 0 Å². The fraction of sp³-hybridized carbons (Fsp3) is 0.300. The highest BCUT2D eigenvalue weighted by Crippen LogP contribution is 2.35. The minimum absolute atomic E-state index is 0.0996. The summed E-state index contributed by atoms with van der Waals surface area (Å²) in [6.07, 6.45) is 0. The van der Waals surface area contributed by atoms with Gasteiger partial charge in [0.1, 0.15) is 6.61 Å². The second-order valence-corrected chi connectivity index (χ2v) is 7.45. The molecular formula is C20H20ClN3O3. The average molecular weight is 386 g/mol. The van der Waals surface area contributed by atoms with Crippen LogP contribution >= 0.6 is 11.6 Å². The van der Waals surface area contributed by atoms with E-state index in [1.165, 1.54) is 0 Å². The molecule has 27 heavy (non-hydrogen) atoms. The van der Waals surface area contributed by atoms with Crippen molar-refractivity contribution < 1.29 is 14.6 Å². The van der Waals surface area contributed by atoms with Gasteiger partial charge in [-0.05, 0) is 42.3 Å². The second-order valence-electron chi connectivity index (χ2n) is 7.02. The summed E-state index contributed by atoms with van der Waals surface area (Å²) in [5.74, 6) is 0.560. The number of carbonyl (C=O) groups is 1. The number of nitrogens with zero attached hydrogens (tertiary/aromatic N) is 2. The number of halogens is 1. The molecule has 1 aromatic heterocycles. The van der Waals surface area contributed by atoms with Crippen LogP contribution in [0.3, 0.4) is 0 Å². The Bertz CT molecular complexity index is 1030. The monoisotopic (exact) mass is 385 g/mol. The van der Waals surface area contributed by atoms with Crippen LogP contribution in [0.25, 0.3) is 16.6 Å². The molecule has 0 fully saturated rings. The van der Waals surface area contributed by atoms with E-state index in [2.05, 4.69) is 10.4 Å². The van der Waals surface area contributed by atoms with Gasteiger partial charge in [0.05, 0.1) is 29.2 Å². The summed E-state index contributed by atoms with van der Waals surface area (Å²) in [5, 5.41) is 18.4. The van der Waals surface area contributed by atoms with E-state index in [1.807, 2.05) is 38.1 Å². The first-order valence-corrected chi connectivity index (χ1v) is 9.22. The number of carbonyl (C=O) groups excluding carboxylic acids is 1. The van der Waals surface area contributed by atoms with Crippen LogP contribution in [0.1, 0.15) is 29.8 Å². The Balaban J connectivity index is 1.71. The van der Waals surface area contributed by atoms with E-state index in [1.54, 1.807) is 16.8 Å². The molecule has 7 heteroatoms. The van der Waals surface area contributed by atoms with Crippen molar-refractivity contribution in [2.45, 2.75) is 26.5 Å². The van der Waals surface area contributed by atoms with E-state index in [0.29, 0.717) is 28.6 Å². The van der Waals surface area contributed by atoms with Crippen LogP contribution in [-0.2, 0) is 6.61 Å². The third-order valence-electron chi connectivity index (χ3n) is 4.84. The topological polar surface area (TPSA) is 76.4 Å². The number of hydrogen-bond acceptors (Lipinski definition) is 4. The lowest BCUT2D eigenvalue weighted by Crippen LogP contribution is -2.41. The van der Waals surface area contributed by atoms with E-state index in [0.717, 1.165) is 16.6 Å². The Hall–Kier alpha value is -2.57. The van der Waals surface area contributed by atoms with Gasteiger partial charge < -0.3 is 15.2 Å². The Morgan fingerprint density at radius 2 is 2.15 bits per heavy atom. The van der Waals surface area contributed by atoms with E-state index < -0.39 is 0 Å². The van der Waals surface area contributed by atoms with Gasteiger partial charge in [-0.1, -0.05) is 25.4 Å². The minimum Gasteiger partial charge on any atom is -0.472 e. The van der Waals surface area contributed by atoms with Crippen LogP contribution in [0.2, 0.25) is 5.02 Å². The highest BCUT2D eigenvalue weighted by Gasteiger charge is 2.23. The van der Waals surface area contributed by atoms with Crippen LogP contribution < -0.4 is 10.1 Å². The van der Waals surface area contributed by atoms with Gasteiger partial charge in [0.25, 0.3) is 5.91 Å². The van der Waals surface area contributed by atoms with Gasteiger partial charge in [0.15, 0.2) is 0 Å². The Morgan fingerprint density at radius 1 is 1.33 bits per heavy atom. The summed E-state index contributed by atoms with van der Waals surface area (Å²) in [7, 11) is 0. The van der Waals surface area contributed by atoms with Crippen molar-refractivity contribution in [2.24, 2.45) is 5.92 Å². The number of fused-ring (bicyclic) bond motifs is 5. The number of hydrogen-bond donors (Lipinski definition) is 2. The molecule has 1 aliphatic heterocycles. The van der Waals surface area contributed by atoms with Crippen molar-refractivity contribution >= 4 is 28.4 Å². The summed E-state index contributed by atoms with van der Waals surface area (Å²) in [6.45, 7) is 4.23. The molecule has 0 spiro atoms. The van der Waals surface area contributed by atoms with Crippen LogP contribution in [-0.4, -0.2) is 33.4 Å².